The third-order valence-electron chi connectivity index (χ3n) is 3.62. The van der Waals surface area contributed by atoms with E-state index >= 15 is 0 Å². The van der Waals surface area contributed by atoms with Crippen molar-refractivity contribution in [1.82, 2.24) is 5.32 Å². The Hall–Kier alpha value is -3.02. The van der Waals surface area contributed by atoms with Gasteiger partial charge >= 0.3 is 12.1 Å². The Morgan fingerprint density at radius 3 is 2.28 bits per heavy atom. The normalized spacial score (nSPS) is 11.3. The molecule has 0 saturated carbocycles. The Kier molecular flexibility index (Phi) is 6.83. The van der Waals surface area contributed by atoms with Gasteiger partial charge in [0.15, 0.2) is 0 Å². The molecule has 0 heterocycles. The molecule has 2 aromatic rings. The predicted octanol–water partition coefficient (Wildman–Crippen LogP) is 3.23. The van der Waals surface area contributed by atoms with E-state index in [1.54, 1.807) is 31.4 Å². The molecule has 0 spiro atoms. The minimum Gasteiger partial charge on any atom is -0.497 e. The molecule has 6 nitrogen and oxygen atoms in total. The van der Waals surface area contributed by atoms with Crippen molar-refractivity contribution < 1.29 is 23.8 Å². The van der Waals surface area contributed by atoms with E-state index in [0.717, 1.165) is 11.1 Å². The molecule has 1 N–H and O–H groups in total. The number of hydrogen-bond acceptors (Lipinski definition) is 5. The summed E-state index contributed by atoms with van der Waals surface area (Å²) in [7, 11) is 2.88. The highest BCUT2D eigenvalue weighted by Gasteiger charge is 2.19. The maximum absolute atomic E-state index is 12.1. The summed E-state index contributed by atoms with van der Waals surface area (Å²) in [4.78, 5) is 23.7. The lowest BCUT2D eigenvalue weighted by atomic mass is 10.0. The van der Waals surface area contributed by atoms with Crippen molar-refractivity contribution >= 4 is 12.1 Å². The van der Waals surface area contributed by atoms with Gasteiger partial charge < -0.3 is 19.5 Å². The van der Waals surface area contributed by atoms with Crippen LogP contribution < -0.4 is 10.1 Å². The van der Waals surface area contributed by atoms with Crippen molar-refractivity contribution in [2.45, 2.75) is 19.1 Å². The first kappa shape index (κ1) is 18.3. The molecule has 0 aliphatic carbocycles. The average molecular weight is 343 g/mol. The van der Waals surface area contributed by atoms with Crippen LogP contribution in [0, 0.1) is 0 Å². The van der Waals surface area contributed by atoms with E-state index in [4.69, 9.17) is 14.2 Å². The molecule has 0 saturated heterocycles. The lowest BCUT2D eigenvalue weighted by molar-refractivity contribution is -0.141. The van der Waals surface area contributed by atoms with Crippen LogP contribution in [0.3, 0.4) is 0 Å². The Labute approximate surface area is 146 Å². The number of esters is 1. The van der Waals surface area contributed by atoms with E-state index in [-0.39, 0.29) is 13.0 Å². The van der Waals surface area contributed by atoms with Gasteiger partial charge in [-0.15, -0.1) is 0 Å². The first-order valence-electron chi connectivity index (χ1n) is 7.80. The second-order valence-electron chi connectivity index (χ2n) is 5.31. The smallest absolute Gasteiger partial charge is 0.407 e. The number of hydrogen-bond donors (Lipinski definition) is 1. The zero-order valence-electron chi connectivity index (χ0n) is 14.2. The summed E-state index contributed by atoms with van der Waals surface area (Å²) in [6.45, 7) is 0.153. The minimum absolute atomic E-state index is 0.00324. The third kappa shape index (κ3) is 5.84. The zero-order valence-corrected chi connectivity index (χ0v) is 14.2. The molecule has 0 aromatic heterocycles. The van der Waals surface area contributed by atoms with Crippen LogP contribution in [0.15, 0.2) is 54.6 Å². The molecule has 25 heavy (non-hydrogen) atoms. The number of carbonyl (C=O) groups is 2. The van der Waals surface area contributed by atoms with Crippen LogP contribution in [-0.4, -0.2) is 26.3 Å². The van der Waals surface area contributed by atoms with Crippen LogP contribution in [0.1, 0.15) is 23.6 Å². The number of ether oxygens (including phenoxy) is 3. The number of alkyl carbamates (subject to hydrolysis) is 1. The second kappa shape index (κ2) is 9.32. The summed E-state index contributed by atoms with van der Waals surface area (Å²) >= 11 is 0. The highest BCUT2D eigenvalue weighted by atomic mass is 16.5. The van der Waals surface area contributed by atoms with Gasteiger partial charge in [0.05, 0.1) is 26.7 Å². The number of methoxy groups -OCH3 is 2. The largest absolute Gasteiger partial charge is 0.497 e. The first-order valence-corrected chi connectivity index (χ1v) is 7.80. The van der Waals surface area contributed by atoms with Gasteiger partial charge in [0.2, 0.25) is 0 Å². The van der Waals surface area contributed by atoms with Crippen LogP contribution in [0.25, 0.3) is 0 Å². The van der Waals surface area contributed by atoms with Gasteiger partial charge in [-0.3, -0.25) is 4.79 Å². The molecule has 0 aliphatic heterocycles. The van der Waals surface area contributed by atoms with Gasteiger partial charge in [-0.05, 0) is 23.3 Å². The Morgan fingerprint density at radius 2 is 1.68 bits per heavy atom. The van der Waals surface area contributed by atoms with Crippen LogP contribution in [0.4, 0.5) is 4.79 Å². The maximum Gasteiger partial charge on any atom is 0.407 e. The fraction of sp³-hybridized carbons (Fsp3) is 0.263. The van der Waals surface area contributed by atoms with E-state index in [1.165, 1.54) is 7.11 Å². The van der Waals surface area contributed by atoms with Gasteiger partial charge in [-0.2, -0.15) is 0 Å². The molecule has 0 unspecified atom stereocenters. The quantitative estimate of drug-likeness (QED) is 0.781. The van der Waals surface area contributed by atoms with Gasteiger partial charge in [-0.1, -0.05) is 42.5 Å². The standard InChI is InChI=1S/C19H21NO5/c1-23-16-10-8-15(9-11-16)17(12-18(21)24-2)20-19(22)25-13-14-6-4-3-5-7-14/h3-11,17H,12-13H2,1-2H3,(H,20,22)/t17-/m0/s1. The summed E-state index contributed by atoms with van der Waals surface area (Å²) in [5.74, 6) is 0.261. The number of rotatable bonds is 7. The van der Waals surface area contributed by atoms with E-state index in [2.05, 4.69) is 5.32 Å². The molecule has 0 bridgehead atoms. The summed E-state index contributed by atoms with van der Waals surface area (Å²) in [5, 5.41) is 2.70. The fourth-order valence-electron chi connectivity index (χ4n) is 2.25. The summed E-state index contributed by atoms with van der Waals surface area (Å²) < 4.78 is 15.0. The molecule has 2 aromatic carbocycles. The predicted molar refractivity (Wildman–Crippen MR) is 92.1 cm³/mol. The maximum atomic E-state index is 12.1. The Morgan fingerprint density at radius 1 is 1.00 bits per heavy atom. The van der Waals surface area contributed by atoms with Crippen LogP contribution in [0.2, 0.25) is 0 Å². The molecule has 0 fully saturated rings. The highest BCUT2D eigenvalue weighted by Crippen LogP contribution is 2.21. The van der Waals surface area contributed by atoms with Crippen LogP contribution in [0.5, 0.6) is 5.75 Å². The van der Waals surface area contributed by atoms with E-state index in [9.17, 15) is 9.59 Å². The summed E-state index contributed by atoms with van der Waals surface area (Å²) in [5.41, 5.74) is 1.63. The van der Waals surface area contributed by atoms with Gasteiger partial charge in [0, 0.05) is 0 Å². The molecule has 1 amide bonds. The summed E-state index contributed by atoms with van der Waals surface area (Å²) in [6.07, 6.45) is -0.600. The van der Waals surface area contributed by atoms with Gasteiger partial charge in [0.25, 0.3) is 0 Å². The van der Waals surface area contributed by atoms with Gasteiger partial charge in [0.1, 0.15) is 12.4 Å². The summed E-state index contributed by atoms with van der Waals surface area (Å²) in [6, 6.07) is 15.9. The molecule has 2 rings (SSSR count). The van der Waals surface area contributed by atoms with Crippen LogP contribution in [-0.2, 0) is 20.9 Å². The minimum atomic E-state index is -0.603. The fourth-order valence-corrected chi connectivity index (χ4v) is 2.25. The molecule has 1 atom stereocenters. The molecular weight excluding hydrogens is 322 g/mol. The number of benzene rings is 2. The first-order chi connectivity index (χ1) is 12.1. The SMILES string of the molecule is COC(=O)C[C@H](NC(=O)OCc1ccccc1)c1ccc(OC)cc1. The van der Waals surface area contributed by atoms with Crippen molar-refractivity contribution in [3.8, 4) is 5.75 Å². The number of nitrogens with one attached hydrogen (secondary N) is 1. The molecular formula is C19H21NO5. The average Bonchev–Trinajstić information content (AvgIpc) is 2.66. The van der Waals surface area contributed by atoms with Crippen molar-refractivity contribution in [1.29, 1.82) is 0 Å². The monoisotopic (exact) mass is 343 g/mol. The number of amides is 1. The third-order valence-corrected chi connectivity index (χ3v) is 3.62. The topological polar surface area (TPSA) is 73.9 Å². The second-order valence-corrected chi connectivity index (χ2v) is 5.31. The molecule has 132 valence electrons. The molecule has 0 aliphatic rings. The van der Waals surface area contributed by atoms with E-state index in [1.807, 2.05) is 30.3 Å². The van der Waals surface area contributed by atoms with Crippen molar-refractivity contribution in [3.05, 3.63) is 65.7 Å². The van der Waals surface area contributed by atoms with Crippen molar-refractivity contribution in [3.63, 3.8) is 0 Å². The zero-order chi connectivity index (χ0) is 18.1. The van der Waals surface area contributed by atoms with E-state index in [0.29, 0.717) is 5.75 Å². The van der Waals surface area contributed by atoms with Crippen molar-refractivity contribution in [2.24, 2.45) is 0 Å². The van der Waals surface area contributed by atoms with Gasteiger partial charge in [-0.25, -0.2) is 4.79 Å². The number of carbonyl (C=O) groups excluding carboxylic acids is 2. The van der Waals surface area contributed by atoms with E-state index < -0.39 is 18.1 Å². The van der Waals surface area contributed by atoms with Crippen molar-refractivity contribution in [2.75, 3.05) is 14.2 Å². The molecule has 6 heteroatoms. The molecule has 0 radical (unpaired) electrons. The Balaban J connectivity index is 2.01. The van der Waals surface area contributed by atoms with Crippen LogP contribution >= 0.6 is 0 Å². The lowest BCUT2D eigenvalue weighted by Crippen LogP contribution is -2.31. The highest BCUT2D eigenvalue weighted by molar-refractivity contribution is 5.73. The lowest BCUT2D eigenvalue weighted by Gasteiger charge is -2.18. The Bertz CT molecular complexity index is 685.